The van der Waals surface area contributed by atoms with Crippen LogP contribution in [0.25, 0.3) is 10.8 Å². The number of carboxylic acid groups (broad SMARTS) is 1. The number of phenols is 1. The molecule has 0 unspecified atom stereocenters. The van der Waals surface area contributed by atoms with Gasteiger partial charge in [0.1, 0.15) is 10.6 Å². The lowest BCUT2D eigenvalue weighted by atomic mass is 10.1. The van der Waals surface area contributed by atoms with Gasteiger partial charge in [-0.1, -0.05) is 24.3 Å². The van der Waals surface area contributed by atoms with Gasteiger partial charge in [0.05, 0.1) is 0 Å². The molecule has 0 aliphatic carbocycles. The fourth-order valence-electron chi connectivity index (χ4n) is 2.17. The van der Waals surface area contributed by atoms with Gasteiger partial charge in [0.2, 0.25) is 0 Å². The summed E-state index contributed by atoms with van der Waals surface area (Å²) in [5, 5.41) is 22.6. The molecule has 1 aromatic heterocycles. The lowest BCUT2D eigenvalue weighted by Gasteiger charge is -2.07. The maximum absolute atomic E-state index is 11.1. The van der Waals surface area contributed by atoms with Crippen LogP contribution in [0.4, 0.5) is 0 Å². The highest BCUT2D eigenvalue weighted by Gasteiger charge is 2.12. The molecule has 0 atom stereocenters. The van der Waals surface area contributed by atoms with Crippen LogP contribution >= 0.6 is 23.1 Å². The summed E-state index contributed by atoms with van der Waals surface area (Å²) in [6, 6.07) is 13.1. The third-order valence-electron chi connectivity index (χ3n) is 3.19. The smallest absolute Gasteiger partial charge is 0.346 e. The van der Waals surface area contributed by atoms with Crippen molar-refractivity contribution >= 4 is 39.8 Å². The Morgan fingerprint density at radius 3 is 2.62 bits per heavy atom. The van der Waals surface area contributed by atoms with Gasteiger partial charge < -0.3 is 10.2 Å². The zero-order valence-electron chi connectivity index (χ0n) is 10.9. The van der Waals surface area contributed by atoms with Crippen molar-refractivity contribution in [1.29, 1.82) is 0 Å². The first-order chi connectivity index (χ1) is 10.2. The Bertz CT molecular complexity index is 808. The number of carbonyl (C=O) groups is 1. The Labute approximate surface area is 129 Å². The van der Waals surface area contributed by atoms with Gasteiger partial charge in [-0.3, -0.25) is 0 Å². The minimum Gasteiger partial charge on any atom is -0.507 e. The summed E-state index contributed by atoms with van der Waals surface area (Å²) in [7, 11) is 0. The van der Waals surface area contributed by atoms with Crippen LogP contribution in [0.5, 0.6) is 5.75 Å². The standard InChI is InChI=1S/C16H12O3S2/c17-13-5-6-14(12-4-2-1-3-11(12)13)21-9-10-7-8-20-15(10)16(18)19/h1-8,17H,9H2,(H,18,19). The minimum absolute atomic E-state index is 0.261. The third-order valence-corrected chi connectivity index (χ3v) is 5.25. The van der Waals surface area contributed by atoms with E-state index < -0.39 is 5.97 Å². The molecular formula is C16H12O3S2. The Balaban J connectivity index is 1.91. The number of benzene rings is 2. The molecule has 0 bridgehead atoms. The van der Waals surface area contributed by atoms with Crippen molar-refractivity contribution < 1.29 is 15.0 Å². The van der Waals surface area contributed by atoms with Gasteiger partial charge in [-0.25, -0.2) is 4.79 Å². The molecule has 0 aliphatic rings. The topological polar surface area (TPSA) is 57.5 Å². The highest BCUT2D eigenvalue weighted by Crippen LogP contribution is 2.35. The average molecular weight is 316 g/mol. The van der Waals surface area contributed by atoms with Crippen molar-refractivity contribution in [2.24, 2.45) is 0 Å². The molecule has 0 saturated heterocycles. The average Bonchev–Trinajstić information content (AvgIpc) is 2.96. The molecule has 0 amide bonds. The first-order valence-electron chi connectivity index (χ1n) is 6.30. The first-order valence-corrected chi connectivity index (χ1v) is 8.16. The van der Waals surface area contributed by atoms with Crippen molar-refractivity contribution in [3.8, 4) is 5.75 Å². The quantitative estimate of drug-likeness (QED) is 0.691. The van der Waals surface area contributed by atoms with Crippen LogP contribution in [0, 0.1) is 0 Å². The van der Waals surface area contributed by atoms with Crippen molar-refractivity contribution in [2.75, 3.05) is 0 Å². The second-order valence-corrected chi connectivity index (χ2v) is 6.43. The van der Waals surface area contributed by atoms with E-state index in [4.69, 9.17) is 5.11 Å². The minimum atomic E-state index is -0.879. The molecule has 0 spiro atoms. The van der Waals surface area contributed by atoms with Crippen LogP contribution in [-0.4, -0.2) is 16.2 Å². The highest BCUT2D eigenvalue weighted by atomic mass is 32.2. The fourth-order valence-corrected chi connectivity index (χ4v) is 4.08. The summed E-state index contributed by atoms with van der Waals surface area (Å²) >= 11 is 2.83. The number of thiophene rings is 1. The van der Waals surface area contributed by atoms with Crippen molar-refractivity contribution in [3.63, 3.8) is 0 Å². The van der Waals surface area contributed by atoms with Crippen molar-refractivity contribution in [1.82, 2.24) is 0 Å². The molecule has 0 radical (unpaired) electrons. The summed E-state index contributed by atoms with van der Waals surface area (Å²) in [5.41, 5.74) is 0.828. The molecule has 0 aliphatic heterocycles. The Hall–Kier alpha value is -1.98. The monoisotopic (exact) mass is 316 g/mol. The number of aromatic hydroxyl groups is 1. The summed E-state index contributed by atoms with van der Waals surface area (Å²) in [5.74, 6) is -0.0206. The molecule has 0 saturated carbocycles. The van der Waals surface area contributed by atoms with E-state index in [0.717, 1.165) is 21.2 Å². The van der Waals surface area contributed by atoms with Crippen molar-refractivity contribution in [3.05, 3.63) is 58.3 Å². The number of rotatable bonds is 4. The van der Waals surface area contributed by atoms with E-state index in [1.165, 1.54) is 11.3 Å². The number of thioether (sulfide) groups is 1. The van der Waals surface area contributed by atoms with E-state index >= 15 is 0 Å². The first kappa shape index (κ1) is 14.0. The van der Waals surface area contributed by atoms with Gasteiger partial charge in [-0.05, 0) is 34.5 Å². The van der Waals surface area contributed by atoms with E-state index in [-0.39, 0.29) is 5.75 Å². The molecule has 1 heterocycles. The van der Waals surface area contributed by atoms with Gasteiger partial charge in [0.15, 0.2) is 0 Å². The molecule has 3 aromatic rings. The molecular weight excluding hydrogens is 304 g/mol. The molecule has 3 rings (SSSR count). The molecule has 3 nitrogen and oxygen atoms in total. The third kappa shape index (κ3) is 2.75. The lowest BCUT2D eigenvalue weighted by Crippen LogP contribution is -1.96. The van der Waals surface area contributed by atoms with Crippen LogP contribution in [0.15, 0.2) is 52.7 Å². The molecule has 0 fully saturated rings. The zero-order valence-corrected chi connectivity index (χ0v) is 12.6. The van der Waals surface area contributed by atoms with E-state index in [0.29, 0.717) is 10.6 Å². The number of phenolic OH excluding ortho intramolecular Hbond substituents is 1. The second kappa shape index (κ2) is 5.79. The van der Waals surface area contributed by atoms with Crippen LogP contribution in [0.3, 0.4) is 0 Å². The van der Waals surface area contributed by atoms with Crippen LogP contribution in [-0.2, 0) is 5.75 Å². The molecule has 21 heavy (non-hydrogen) atoms. The number of aromatic carboxylic acids is 1. The predicted molar refractivity (Wildman–Crippen MR) is 86.5 cm³/mol. The maximum atomic E-state index is 11.1. The van der Waals surface area contributed by atoms with Gasteiger partial charge in [-0.15, -0.1) is 23.1 Å². The molecule has 5 heteroatoms. The van der Waals surface area contributed by atoms with E-state index in [9.17, 15) is 9.90 Å². The van der Waals surface area contributed by atoms with Crippen LogP contribution in [0.2, 0.25) is 0 Å². The van der Waals surface area contributed by atoms with E-state index in [1.54, 1.807) is 23.2 Å². The number of hydrogen-bond acceptors (Lipinski definition) is 4. The summed E-state index contributed by atoms with van der Waals surface area (Å²) in [6.07, 6.45) is 0. The largest absolute Gasteiger partial charge is 0.507 e. The lowest BCUT2D eigenvalue weighted by molar-refractivity contribution is 0.0701. The van der Waals surface area contributed by atoms with Gasteiger partial charge >= 0.3 is 5.97 Å². The Morgan fingerprint density at radius 1 is 1.10 bits per heavy atom. The van der Waals surface area contributed by atoms with E-state index in [2.05, 4.69) is 0 Å². The molecule has 2 N–H and O–H groups in total. The van der Waals surface area contributed by atoms with Crippen molar-refractivity contribution in [2.45, 2.75) is 10.6 Å². The fraction of sp³-hybridized carbons (Fsp3) is 0.0625. The molecule has 106 valence electrons. The summed E-state index contributed by atoms with van der Waals surface area (Å²) < 4.78 is 0. The van der Waals surface area contributed by atoms with Crippen LogP contribution < -0.4 is 0 Å². The zero-order chi connectivity index (χ0) is 14.8. The predicted octanol–water partition coefficient (Wildman–Crippen LogP) is 4.60. The Kier molecular flexibility index (Phi) is 3.86. The number of hydrogen-bond donors (Lipinski definition) is 2. The maximum Gasteiger partial charge on any atom is 0.346 e. The SMILES string of the molecule is O=C(O)c1sccc1CSc1ccc(O)c2ccccc12. The summed E-state index contributed by atoms with van der Waals surface area (Å²) in [6.45, 7) is 0. The van der Waals surface area contributed by atoms with E-state index in [1.807, 2.05) is 36.4 Å². The number of fused-ring (bicyclic) bond motifs is 1. The van der Waals surface area contributed by atoms with Gasteiger partial charge in [0.25, 0.3) is 0 Å². The van der Waals surface area contributed by atoms with Gasteiger partial charge in [0, 0.05) is 16.0 Å². The molecule has 2 aromatic carbocycles. The van der Waals surface area contributed by atoms with Gasteiger partial charge in [-0.2, -0.15) is 0 Å². The Morgan fingerprint density at radius 2 is 1.86 bits per heavy atom. The second-order valence-electron chi connectivity index (χ2n) is 4.50. The highest BCUT2D eigenvalue weighted by molar-refractivity contribution is 7.98. The van der Waals surface area contributed by atoms with Crippen LogP contribution in [0.1, 0.15) is 15.2 Å². The summed E-state index contributed by atoms with van der Waals surface area (Å²) in [4.78, 5) is 12.5. The number of carboxylic acids is 1. The normalized spacial score (nSPS) is 10.9.